The third-order valence-electron chi connectivity index (χ3n) is 2.09. The Bertz CT molecular complexity index is 266. The number of aliphatic hydroxyl groups is 1. The van der Waals surface area contributed by atoms with Crippen molar-refractivity contribution in [3.8, 4) is 0 Å². The van der Waals surface area contributed by atoms with Crippen LogP contribution in [0.15, 0.2) is 18.2 Å². The van der Waals surface area contributed by atoms with Crippen LogP contribution in [-0.2, 0) is 0 Å². The topological polar surface area (TPSA) is 20.2 Å². The molecule has 1 N–H and O–H groups in total. The summed E-state index contributed by atoms with van der Waals surface area (Å²) in [7, 11) is 0. The molecule has 2 heteroatoms. The van der Waals surface area contributed by atoms with Gasteiger partial charge in [0, 0.05) is 5.02 Å². The minimum atomic E-state index is -0.448. The first-order chi connectivity index (χ1) is 6.00. The van der Waals surface area contributed by atoms with Crippen molar-refractivity contribution < 1.29 is 5.11 Å². The second-order valence-corrected chi connectivity index (χ2v) is 4.09. The molecule has 0 aliphatic carbocycles. The maximum atomic E-state index is 9.40. The molecule has 1 rings (SSSR count). The smallest absolute Gasteiger partial charge is 0.0762 e. The molecule has 0 aliphatic heterocycles. The summed E-state index contributed by atoms with van der Waals surface area (Å²) in [6, 6.07) is 5.75. The number of benzene rings is 1. The third-order valence-corrected chi connectivity index (χ3v) is 2.31. The molecule has 0 aromatic heterocycles. The van der Waals surface area contributed by atoms with E-state index < -0.39 is 6.10 Å². The molecule has 72 valence electrons. The molecule has 0 fully saturated rings. The van der Waals surface area contributed by atoms with E-state index in [0.717, 1.165) is 5.56 Å². The molecule has 0 aliphatic rings. The number of hydrogen-bond donors (Lipinski definition) is 1. The predicted molar refractivity (Wildman–Crippen MR) is 56.2 cm³/mol. The molecule has 0 spiro atoms. The van der Waals surface area contributed by atoms with Crippen LogP contribution in [0.1, 0.15) is 43.9 Å². The Morgan fingerprint density at radius 1 is 1.08 bits per heavy atom. The van der Waals surface area contributed by atoms with E-state index in [0.29, 0.717) is 10.9 Å². The summed E-state index contributed by atoms with van der Waals surface area (Å²) < 4.78 is 0. The first-order valence-electron chi connectivity index (χ1n) is 4.49. The van der Waals surface area contributed by atoms with E-state index in [2.05, 4.69) is 13.8 Å². The van der Waals surface area contributed by atoms with Gasteiger partial charge in [-0.15, -0.1) is 0 Å². The van der Waals surface area contributed by atoms with Crippen molar-refractivity contribution in [3.63, 3.8) is 0 Å². The van der Waals surface area contributed by atoms with Crippen molar-refractivity contribution in [1.29, 1.82) is 0 Å². The Morgan fingerprint density at radius 3 is 2.08 bits per heavy atom. The Morgan fingerprint density at radius 2 is 1.62 bits per heavy atom. The molecular weight excluding hydrogens is 184 g/mol. The highest BCUT2D eigenvalue weighted by molar-refractivity contribution is 6.30. The highest BCUT2D eigenvalue weighted by atomic mass is 35.5. The average molecular weight is 199 g/mol. The summed E-state index contributed by atoms with van der Waals surface area (Å²) in [6.07, 6.45) is -0.448. The molecule has 1 aromatic carbocycles. The highest BCUT2D eigenvalue weighted by Crippen LogP contribution is 2.24. The van der Waals surface area contributed by atoms with Gasteiger partial charge in [0.1, 0.15) is 0 Å². The number of rotatable bonds is 2. The highest BCUT2D eigenvalue weighted by Gasteiger charge is 2.06. The molecule has 1 unspecified atom stereocenters. The zero-order valence-corrected chi connectivity index (χ0v) is 8.97. The lowest BCUT2D eigenvalue weighted by Gasteiger charge is -2.11. The first-order valence-corrected chi connectivity index (χ1v) is 4.87. The molecule has 1 nitrogen and oxygen atoms in total. The average Bonchev–Trinajstić information content (AvgIpc) is 2.03. The van der Waals surface area contributed by atoms with Gasteiger partial charge < -0.3 is 5.11 Å². The lowest BCUT2D eigenvalue weighted by atomic mass is 9.99. The van der Waals surface area contributed by atoms with Crippen LogP contribution in [0.3, 0.4) is 0 Å². The summed E-state index contributed by atoms with van der Waals surface area (Å²) in [4.78, 5) is 0. The lowest BCUT2D eigenvalue weighted by Crippen LogP contribution is -1.95. The maximum absolute atomic E-state index is 9.40. The van der Waals surface area contributed by atoms with Gasteiger partial charge in [-0.05, 0) is 36.1 Å². The number of hydrogen-bond acceptors (Lipinski definition) is 1. The molecular formula is C11H15ClO. The van der Waals surface area contributed by atoms with Crippen LogP contribution >= 0.6 is 11.6 Å². The van der Waals surface area contributed by atoms with Crippen LogP contribution in [0.2, 0.25) is 5.02 Å². The largest absolute Gasteiger partial charge is 0.389 e. The Labute approximate surface area is 84.4 Å². The Kier molecular flexibility index (Phi) is 3.34. The monoisotopic (exact) mass is 198 g/mol. The van der Waals surface area contributed by atoms with E-state index in [-0.39, 0.29) is 0 Å². The second-order valence-electron chi connectivity index (χ2n) is 3.65. The number of halogens is 1. The van der Waals surface area contributed by atoms with Gasteiger partial charge in [0.25, 0.3) is 0 Å². The van der Waals surface area contributed by atoms with E-state index >= 15 is 0 Å². The number of aliphatic hydroxyl groups excluding tert-OH is 1. The summed E-state index contributed by atoms with van der Waals surface area (Å²) in [5.74, 6) is 0.441. The molecule has 13 heavy (non-hydrogen) atoms. The van der Waals surface area contributed by atoms with E-state index in [1.54, 1.807) is 13.0 Å². The summed E-state index contributed by atoms with van der Waals surface area (Å²) in [5.41, 5.74) is 2.06. The van der Waals surface area contributed by atoms with E-state index in [1.807, 2.05) is 12.1 Å². The standard InChI is InChI=1S/C11H15ClO/c1-7(2)9-4-10(8(3)13)6-11(12)5-9/h4-8,13H,1-3H3. The summed E-state index contributed by atoms with van der Waals surface area (Å²) in [6.45, 7) is 5.96. The minimum Gasteiger partial charge on any atom is -0.389 e. The van der Waals surface area contributed by atoms with Gasteiger partial charge in [-0.2, -0.15) is 0 Å². The zero-order chi connectivity index (χ0) is 10.0. The van der Waals surface area contributed by atoms with Crippen molar-refractivity contribution in [2.45, 2.75) is 32.8 Å². The van der Waals surface area contributed by atoms with Gasteiger partial charge in [0.05, 0.1) is 6.10 Å². The van der Waals surface area contributed by atoms with Crippen molar-refractivity contribution in [2.75, 3.05) is 0 Å². The molecule has 0 amide bonds. The van der Waals surface area contributed by atoms with E-state index in [4.69, 9.17) is 11.6 Å². The Hall–Kier alpha value is -0.530. The fourth-order valence-electron chi connectivity index (χ4n) is 1.21. The Balaban J connectivity index is 3.11. The third kappa shape index (κ3) is 2.71. The minimum absolute atomic E-state index is 0.441. The van der Waals surface area contributed by atoms with Crippen LogP contribution in [0.4, 0.5) is 0 Å². The van der Waals surface area contributed by atoms with E-state index in [1.165, 1.54) is 5.56 Å². The molecule has 0 saturated heterocycles. The molecule has 1 atom stereocenters. The summed E-state index contributed by atoms with van der Waals surface area (Å²) in [5, 5.41) is 10.1. The van der Waals surface area contributed by atoms with Crippen LogP contribution in [0, 0.1) is 0 Å². The first kappa shape index (κ1) is 10.6. The van der Waals surface area contributed by atoms with Gasteiger partial charge in [-0.1, -0.05) is 31.5 Å². The molecule has 0 radical (unpaired) electrons. The maximum Gasteiger partial charge on any atom is 0.0762 e. The van der Waals surface area contributed by atoms with Crippen LogP contribution in [-0.4, -0.2) is 5.11 Å². The van der Waals surface area contributed by atoms with Crippen molar-refractivity contribution >= 4 is 11.6 Å². The van der Waals surface area contributed by atoms with E-state index in [9.17, 15) is 5.11 Å². The normalized spacial score (nSPS) is 13.4. The van der Waals surface area contributed by atoms with Crippen LogP contribution < -0.4 is 0 Å². The van der Waals surface area contributed by atoms with Crippen LogP contribution in [0.5, 0.6) is 0 Å². The van der Waals surface area contributed by atoms with Gasteiger partial charge >= 0.3 is 0 Å². The van der Waals surface area contributed by atoms with Gasteiger partial charge in [0.15, 0.2) is 0 Å². The predicted octanol–water partition coefficient (Wildman–Crippen LogP) is 3.52. The van der Waals surface area contributed by atoms with Crippen molar-refractivity contribution in [3.05, 3.63) is 34.3 Å². The van der Waals surface area contributed by atoms with Crippen molar-refractivity contribution in [1.82, 2.24) is 0 Å². The fraction of sp³-hybridized carbons (Fsp3) is 0.455. The van der Waals surface area contributed by atoms with Crippen molar-refractivity contribution in [2.24, 2.45) is 0 Å². The SMILES string of the molecule is CC(C)c1cc(Cl)cc(C(C)O)c1. The molecule has 0 bridgehead atoms. The second kappa shape index (κ2) is 4.12. The quantitative estimate of drug-likeness (QED) is 0.771. The molecule has 0 saturated carbocycles. The van der Waals surface area contributed by atoms with Crippen LogP contribution in [0.25, 0.3) is 0 Å². The molecule has 1 aromatic rings. The van der Waals surface area contributed by atoms with Gasteiger partial charge in [-0.3, -0.25) is 0 Å². The van der Waals surface area contributed by atoms with Gasteiger partial charge in [0.2, 0.25) is 0 Å². The zero-order valence-electron chi connectivity index (χ0n) is 8.21. The summed E-state index contributed by atoms with van der Waals surface area (Å²) >= 11 is 5.93. The molecule has 0 heterocycles. The fourth-order valence-corrected chi connectivity index (χ4v) is 1.46. The van der Waals surface area contributed by atoms with Gasteiger partial charge in [-0.25, -0.2) is 0 Å². The lowest BCUT2D eigenvalue weighted by molar-refractivity contribution is 0.199.